The summed E-state index contributed by atoms with van der Waals surface area (Å²) in [6.07, 6.45) is 0. The molecule has 21 heavy (non-hydrogen) atoms. The van der Waals surface area contributed by atoms with Crippen LogP contribution in [0, 0.1) is 5.92 Å². The summed E-state index contributed by atoms with van der Waals surface area (Å²) in [6, 6.07) is 0. The first-order valence-corrected chi connectivity index (χ1v) is 8.19. The van der Waals surface area contributed by atoms with Gasteiger partial charge in [0.05, 0.1) is 13.2 Å². The Labute approximate surface area is 124 Å². The normalized spacial score (nSPS) is 15.3. The third-order valence-corrected chi connectivity index (χ3v) is 4.52. The predicted octanol–water partition coefficient (Wildman–Crippen LogP) is 1.58. The summed E-state index contributed by atoms with van der Waals surface area (Å²) in [5.41, 5.74) is 4.80. The van der Waals surface area contributed by atoms with Gasteiger partial charge in [0.1, 0.15) is 11.4 Å². The molecular formula is C12H24NO7P. The molecule has 0 rings (SSSR count). The molecule has 0 heterocycles. The second-order valence-electron chi connectivity index (χ2n) is 5.22. The molecule has 0 radical (unpaired) electrons. The molecule has 0 aromatic rings. The van der Waals surface area contributed by atoms with Crippen LogP contribution in [-0.2, 0) is 27.9 Å². The number of carboxylic acid groups (broad SMARTS) is 1. The SMILES string of the molecule is CCOP(=O)(OCC)C(N)C(C(=O)O)C(=O)OC(C)(C)C. The van der Waals surface area contributed by atoms with Gasteiger partial charge in [0, 0.05) is 0 Å². The summed E-state index contributed by atoms with van der Waals surface area (Å²) in [4.78, 5) is 23.3. The highest BCUT2D eigenvalue weighted by Gasteiger charge is 2.47. The predicted molar refractivity (Wildman–Crippen MR) is 75.8 cm³/mol. The van der Waals surface area contributed by atoms with Gasteiger partial charge < -0.3 is 24.6 Å². The summed E-state index contributed by atoms with van der Waals surface area (Å²) >= 11 is 0. The molecule has 2 unspecified atom stereocenters. The highest BCUT2D eigenvalue weighted by molar-refractivity contribution is 7.54. The Balaban J connectivity index is 5.40. The number of aliphatic carboxylic acids is 1. The topological polar surface area (TPSA) is 125 Å². The number of esters is 1. The van der Waals surface area contributed by atoms with Crippen molar-refractivity contribution >= 4 is 19.5 Å². The third-order valence-electron chi connectivity index (χ3n) is 2.25. The number of hydrogen-bond donors (Lipinski definition) is 2. The molecule has 0 bridgehead atoms. The lowest BCUT2D eigenvalue weighted by Crippen LogP contribution is -2.44. The minimum atomic E-state index is -3.94. The smallest absolute Gasteiger partial charge is 0.348 e. The zero-order valence-electron chi connectivity index (χ0n) is 13.0. The second-order valence-corrected chi connectivity index (χ2v) is 7.41. The minimum absolute atomic E-state index is 0.00559. The molecule has 0 aromatic carbocycles. The second kappa shape index (κ2) is 7.89. The molecule has 2 atom stereocenters. The van der Waals surface area contributed by atoms with E-state index in [-0.39, 0.29) is 13.2 Å². The van der Waals surface area contributed by atoms with Gasteiger partial charge in [-0.3, -0.25) is 14.2 Å². The lowest BCUT2D eigenvalue weighted by atomic mass is 10.1. The van der Waals surface area contributed by atoms with E-state index in [2.05, 4.69) is 0 Å². The highest BCUT2D eigenvalue weighted by Crippen LogP contribution is 2.53. The molecular weight excluding hydrogens is 301 g/mol. The van der Waals surface area contributed by atoms with E-state index in [4.69, 9.17) is 19.5 Å². The fraction of sp³-hybridized carbons (Fsp3) is 0.833. The molecule has 9 heteroatoms. The monoisotopic (exact) mass is 325 g/mol. The van der Waals surface area contributed by atoms with Crippen molar-refractivity contribution in [1.82, 2.24) is 0 Å². The quantitative estimate of drug-likeness (QED) is 0.391. The molecule has 124 valence electrons. The van der Waals surface area contributed by atoms with Crippen molar-refractivity contribution in [2.24, 2.45) is 11.7 Å². The number of rotatable bonds is 8. The van der Waals surface area contributed by atoms with Crippen molar-refractivity contribution in [2.75, 3.05) is 13.2 Å². The first kappa shape index (κ1) is 20.1. The average molecular weight is 325 g/mol. The number of carbonyl (C=O) groups is 2. The van der Waals surface area contributed by atoms with Gasteiger partial charge in [-0.1, -0.05) is 0 Å². The number of hydrogen-bond acceptors (Lipinski definition) is 7. The van der Waals surface area contributed by atoms with Crippen LogP contribution in [0.1, 0.15) is 34.6 Å². The van der Waals surface area contributed by atoms with Gasteiger partial charge in [-0.25, -0.2) is 0 Å². The Bertz CT molecular complexity index is 408. The molecule has 0 saturated carbocycles. The lowest BCUT2D eigenvalue weighted by Gasteiger charge is -2.28. The molecule has 0 aliphatic heterocycles. The van der Waals surface area contributed by atoms with Crippen molar-refractivity contribution < 1.29 is 33.0 Å². The fourth-order valence-electron chi connectivity index (χ4n) is 1.50. The van der Waals surface area contributed by atoms with Gasteiger partial charge in [0.25, 0.3) is 0 Å². The molecule has 0 aromatic heterocycles. The summed E-state index contributed by atoms with van der Waals surface area (Å²) in [5.74, 6) is -6.11. The zero-order valence-corrected chi connectivity index (χ0v) is 13.9. The molecule has 0 aliphatic rings. The van der Waals surface area contributed by atoms with Crippen LogP contribution in [-0.4, -0.2) is 41.6 Å². The Morgan fingerprint density at radius 2 is 1.62 bits per heavy atom. The summed E-state index contributed by atoms with van der Waals surface area (Å²) in [5, 5.41) is 9.20. The molecule has 8 nitrogen and oxygen atoms in total. The van der Waals surface area contributed by atoms with Crippen LogP contribution in [0.3, 0.4) is 0 Å². The van der Waals surface area contributed by atoms with Gasteiger partial charge in [-0.2, -0.15) is 0 Å². The van der Waals surface area contributed by atoms with Crippen LogP contribution in [0.5, 0.6) is 0 Å². The van der Waals surface area contributed by atoms with E-state index in [9.17, 15) is 19.3 Å². The third kappa shape index (κ3) is 6.13. The average Bonchev–Trinajstić information content (AvgIpc) is 2.26. The number of nitrogens with two attached hydrogens (primary N) is 1. The van der Waals surface area contributed by atoms with E-state index in [1.165, 1.54) is 0 Å². The summed E-state index contributed by atoms with van der Waals surface area (Å²) in [6.45, 7) is 7.88. The summed E-state index contributed by atoms with van der Waals surface area (Å²) < 4.78 is 27.5. The van der Waals surface area contributed by atoms with Crippen LogP contribution in [0.2, 0.25) is 0 Å². The summed E-state index contributed by atoms with van der Waals surface area (Å²) in [7, 11) is -3.94. The van der Waals surface area contributed by atoms with Crippen LogP contribution in [0.15, 0.2) is 0 Å². The number of carbonyl (C=O) groups excluding carboxylic acids is 1. The molecule has 3 N–H and O–H groups in total. The number of ether oxygens (including phenoxy) is 1. The number of carboxylic acids is 1. The van der Waals surface area contributed by atoms with Crippen molar-refractivity contribution in [1.29, 1.82) is 0 Å². The van der Waals surface area contributed by atoms with E-state index in [0.717, 1.165) is 0 Å². The van der Waals surface area contributed by atoms with E-state index in [1.54, 1.807) is 34.6 Å². The van der Waals surface area contributed by atoms with Crippen molar-refractivity contribution in [3.8, 4) is 0 Å². The minimum Gasteiger partial charge on any atom is -0.481 e. The van der Waals surface area contributed by atoms with E-state index >= 15 is 0 Å². The Morgan fingerprint density at radius 1 is 1.19 bits per heavy atom. The maximum absolute atomic E-state index is 12.5. The van der Waals surface area contributed by atoms with E-state index in [1.807, 2.05) is 0 Å². The Morgan fingerprint density at radius 3 is 1.90 bits per heavy atom. The largest absolute Gasteiger partial charge is 0.481 e. The molecule has 0 amide bonds. The molecule has 0 fully saturated rings. The fourth-order valence-corrected chi connectivity index (χ4v) is 3.26. The van der Waals surface area contributed by atoms with Crippen LogP contribution < -0.4 is 5.73 Å². The van der Waals surface area contributed by atoms with Gasteiger partial charge in [-0.15, -0.1) is 0 Å². The Hall–Kier alpha value is -0.950. The first-order valence-electron chi connectivity index (χ1n) is 6.58. The van der Waals surface area contributed by atoms with Crippen LogP contribution >= 0.6 is 7.60 Å². The standard InChI is InChI=1S/C12H24NO7P/c1-6-18-21(17,19-7-2)9(13)8(10(14)15)11(16)20-12(3,4)5/h8-9H,6-7,13H2,1-5H3,(H,14,15). The molecule has 0 aliphatic carbocycles. The maximum atomic E-state index is 12.5. The van der Waals surface area contributed by atoms with Crippen molar-refractivity contribution in [3.05, 3.63) is 0 Å². The lowest BCUT2D eigenvalue weighted by molar-refractivity contribution is -0.167. The van der Waals surface area contributed by atoms with Gasteiger partial charge in [-0.05, 0) is 34.6 Å². The molecule has 0 spiro atoms. The van der Waals surface area contributed by atoms with Crippen LogP contribution in [0.25, 0.3) is 0 Å². The highest BCUT2D eigenvalue weighted by atomic mass is 31.2. The van der Waals surface area contributed by atoms with Gasteiger partial charge >= 0.3 is 19.5 Å². The zero-order chi connectivity index (χ0) is 16.8. The van der Waals surface area contributed by atoms with E-state index in [0.29, 0.717) is 0 Å². The van der Waals surface area contributed by atoms with Crippen LogP contribution in [0.4, 0.5) is 0 Å². The van der Waals surface area contributed by atoms with Crippen molar-refractivity contribution in [3.63, 3.8) is 0 Å². The maximum Gasteiger partial charge on any atom is 0.348 e. The Kier molecular flexibility index (Phi) is 7.53. The first-order chi connectivity index (χ1) is 9.48. The molecule has 0 saturated heterocycles. The van der Waals surface area contributed by atoms with E-state index < -0.39 is 36.8 Å². The van der Waals surface area contributed by atoms with Crippen molar-refractivity contribution in [2.45, 2.75) is 46.0 Å². The van der Waals surface area contributed by atoms with Gasteiger partial charge in [0.2, 0.25) is 0 Å². The van der Waals surface area contributed by atoms with Gasteiger partial charge in [0.15, 0.2) is 5.92 Å².